The summed E-state index contributed by atoms with van der Waals surface area (Å²) in [5, 5.41) is 6.00. The normalized spacial score (nSPS) is 14.3. The number of carbonyl (C=O) groups is 1. The Kier molecular flexibility index (Phi) is 6.60. The molecule has 28 heavy (non-hydrogen) atoms. The highest BCUT2D eigenvalue weighted by Crippen LogP contribution is 2.20. The topological polar surface area (TPSA) is 73.5 Å². The summed E-state index contributed by atoms with van der Waals surface area (Å²) in [5.74, 6) is 0.587. The molecule has 1 aromatic heterocycles. The quantitative estimate of drug-likeness (QED) is 0.539. The van der Waals surface area contributed by atoms with Gasteiger partial charge in [0.05, 0.1) is 24.2 Å². The molecule has 0 spiro atoms. The Bertz CT molecular complexity index is 1060. The van der Waals surface area contributed by atoms with Crippen LogP contribution in [0.4, 0.5) is 4.79 Å². The summed E-state index contributed by atoms with van der Waals surface area (Å²) in [5.41, 5.74) is 0.218. The number of carbonyl (C=O) groups excluding carboxylic acids is 1. The third-order valence-electron chi connectivity index (χ3n) is 4.07. The van der Waals surface area contributed by atoms with Gasteiger partial charge in [0.1, 0.15) is 0 Å². The highest BCUT2D eigenvalue weighted by atomic mass is 32.1. The number of nitrogens with zero attached hydrogens (tertiary/aromatic N) is 3. The van der Waals surface area contributed by atoms with Crippen LogP contribution >= 0.6 is 12.6 Å². The molecule has 0 fully saturated rings. The molecule has 6 nitrogen and oxygen atoms in total. The highest BCUT2D eigenvalue weighted by Gasteiger charge is 2.11. The number of aromatic nitrogens is 2. The molecule has 7 heteroatoms. The average molecular weight is 395 g/mol. The molecule has 0 saturated heterocycles. The number of benzene rings is 1. The molecular weight excluding hydrogens is 374 g/mol. The molecule has 1 heterocycles. The Morgan fingerprint density at radius 3 is 2.54 bits per heavy atom. The lowest BCUT2D eigenvalue weighted by molar-refractivity contribution is 0.267. The van der Waals surface area contributed by atoms with E-state index < -0.39 is 5.24 Å². The second-order valence-corrected chi connectivity index (χ2v) is 6.58. The van der Waals surface area contributed by atoms with Crippen molar-refractivity contribution in [3.05, 3.63) is 76.4 Å². The van der Waals surface area contributed by atoms with Crippen LogP contribution in [-0.4, -0.2) is 21.6 Å². The lowest BCUT2D eigenvalue weighted by atomic mass is 10.1. The van der Waals surface area contributed by atoms with Crippen LogP contribution < -0.4 is 15.5 Å². The Hall–Kier alpha value is -2.93. The van der Waals surface area contributed by atoms with Crippen molar-refractivity contribution < 1.29 is 9.53 Å². The summed E-state index contributed by atoms with van der Waals surface area (Å²) in [7, 11) is 0. The summed E-state index contributed by atoms with van der Waals surface area (Å²) >= 11 is 3.64. The van der Waals surface area contributed by atoms with Gasteiger partial charge in [0.2, 0.25) is 5.88 Å². The van der Waals surface area contributed by atoms with Gasteiger partial charge in [0, 0.05) is 16.8 Å². The van der Waals surface area contributed by atoms with Gasteiger partial charge in [-0.15, -0.1) is 0 Å². The molecule has 3 aromatic rings. The van der Waals surface area contributed by atoms with Crippen molar-refractivity contribution in [3.63, 3.8) is 0 Å². The first-order chi connectivity index (χ1) is 13.6. The molecular formula is C21H21N3O3S. The number of amides is 1. The third-order valence-corrected chi connectivity index (χ3v) is 4.17. The molecule has 2 aromatic carbocycles. The van der Waals surface area contributed by atoms with E-state index in [-0.39, 0.29) is 11.5 Å². The molecule has 4 rings (SSSR count). The number of ether oxygens (including phenoxy) is 1. The highest BCUT2D eigenvalue weighted by molar-refractivity contribution is 7.96. The van der Waals surface area contributed by atoms with Crippen molar-refractivity contribution in [2.24, 2.45) is 4.99 Å². The van der Waals surface area contributed by atoms with Crippen molar-refractivity contribution in [2.45, 2.75) is 25.8 Å². The third kappa shape index (κ3) is 5.07. The Morgan fingerprint density at radius 2 is 1.96 bits per heavy atom. The van der Waals surface area contributed by atoms with Gasteiger partial charge in [-0.1, -0.05) is 68.1 Å². The second-order valence-electron chi connectivity index (χ2n) is 6.20. The fraction of sp³-hybridized carbons (Fsp3) is 0.238. The van der Waals surface area contributed by atoms with Crippen LogP contribution in [-0.2, 0) is 0 Å². The largest absolute Gasteiger partial charge is 0.478 e. The van der Waals surface area contributed by atoms with Crippen molar-refractivity contribution >= 4 is 28.6 Å². The van der Waals surface area contributed by atoms with Crippen LogP contribution in [0, 0.1) is 0 Å². The van der Waals surface area contributed by atoms with Gasteiger partial charge >= 0.3 is 5.24 Å². The monoisotopic (exact) mass is 395 g/mol. The van der Waals surface area contributed by atoms with Crippen LogP contribution in [0.25, 0.3) is 10.8 Å². The van der Waals surface area contributed by atoms with Gasteiger partial charge in [-0.3, -0.25) is 9.59 Å². The summed E-state index contributed by atoms with van der Waals surface area (Å²) in [6.45, 7) is 2.61. The van der Waals surface area contributed by atoms with Crippen molar-refractivity contribution in [2.75, 3.05) is 6.61 Å². The number of hydrogen-bond acceptors (Lipinski definition) is 4. The molecule has 144 valence electrons. The van der Waals surface area contributed by atoms with E-state index >= 15 is 0 Å². The maximum absolute atomic E-state index is 10.9. The number of rotatable bonds is 4. The van der Waals surface area contributed by atoms with E-state index in [2.05, 4.69) is 47.0 Å². The maximum atomic E-state index is 10.9. The summed E-state index contributed by atoms with van der Waals surface area (Å²) in [6, 6.07) is 9.17. The first kappa shape index (κ1) is 19.8. The van der Waals surface area contributed by atoms with Crippen LogP contribution in [0.3, 0.4) is 0 Å². The molecule has 0 aliphatic heterocycles. The second kappa shape index (κ2) is 9.32. The van der Waals surface area contributed by atoms with Crippen LogP contribution in [0.1, 0.15) is 25.8 Å². The van der Waals surface area contributed by atoms with Gasteiger partial charge in [0.25, 0.3) is 0 Å². The number of fused-ring (bicyclic) bond motifs is 1. The smallest absolute Gasteiger partial charge is 0.302 e. The predicted molar refractivity (Wildman–Crippen MR) is 112 cm³/mol. The number of hydrogen-bond donors (Lipinski definition) is 1. The van der Waals surface area contributed by atoms with E-state index in [0.717, 1.165) is 23.6 Å². The molecule has 0 radical (unpaired) electrons. The van der Waals surface area contributed by atoms with Crippen LogP contribution in [0.2, 0.25) is 0 Å². The zero-order chi connectivity index (χ0) is 19.9. The van der Waals surface area contributed by atoms with E-state index in [4.69, 9.17) is 4.74 Å². The van der Waals surface area contributed by atoms with E-state index in [9.17, 15) is 9.59 Å². The Balaban J connectivity index is 0.000000231. The summed E-state index contributed by atoms with van der Waals surface area (Å²) in [4.78, 5) is 25.2. The number of allylic oxidation sites excluding steroid dienone is 4. The fourth-order valence-corrected chi connectivity index (χ4v) is 2.81. The molecule has 0 saturated carbocycles. The minimum absolute atomic E-state index is 0.0244. The van der Waals surface area contributed by atoms with Crippen molar-refractivity contribution in [3.8, 4) is 5.88 Å². The maximum Gasteiger partial charge on any atom is 0.302 e. The lowest BCUT2D eigenvalue weighted by Crippen LogP contribution is -2.18. The SMILES string of the molecule is CCCOc1cc(=NC(=O)S)cnn1C1C=CCC=C1.O=c1c2ccccc12. The zero-order valence-electron chi connectivity index (χ0n) is 15.5. The van der Waals surface area contributed by atoms with E-state index in [0.29, 0.717) is 17.8 Å². The molecule has 1 aliphatic rings. The molecule has 0 bridgehead atoms. The molecule has 0 N–H and O–H groups in total. The van der Waals surface area contributed by atoms with Gasteiger partial charge in [0.15, 0.2) is 5.43 Å². The van der Waals surface area contributed by atoms with Crippen molar-refractivity contribution in [1.82, 2.24) is 9.78 Å². The Morgan fingerprint density at radius 1 is 1.29 bits per heavy atom. The van der Waals surface area contributed by atoms with Crippen LogP contribution in [0.15, 0.2) is 70.6 Å². The summed E-state index contributed by atoms with van der Waals surface area (Å²) in [6.07, 6.45) is 11.6. The van der Waals surface area contributed by atoms with Crippen LogP contribution in [0.5, 0.6) is 5.88 Å². The first-order valence-electron chi connectivity index (χ1n) is 9.06. The Labute approximate surface area is 168 Å². The lowest BCUT2D eigenvalue weighted by Gasteiger charge is -2.18. The van der Waals surface area contributed by atoms with Gasteiger partial charge in [-0.05, 0) is 12.8 Å². The molecule has 1 aliphatic carbocycles. The zero-order valence-corrected chi connectivity index (χ0v) is 16.4. The van der Waals surface area contributed by atoms with Gasteiger partial charge < -0.3 is 4.74 Å². The fourth-order valence-electron chi connectivity index (χ4n) is 2.69. The van der Waals surface area contributed by atoms with Gasteiger partial charge in [-0.25, -0.2) is 9.67 Å². The molecule has 1 amide bonds. The molecule has 0 unspecified atom stereocenters. The molecule has 0 atom stereocenters. The average Bonchev–Trinajstić information content (AvgIpc) is 3.37. The van der Waals surface area contributed by atoms with E-state index in [1.54, 1.807) is 10.7 Å². The summed E-state index contributed by atoms with van der Waals surface area (Å²) < 4.78 is 7.47. The standard InChI is InChI=1S/C14H17N3O2S.C7H4O/c1-2-8-19-13-9-11(16-14(18)20)10-15-17(13)12-6-4-3-5-7-12;8-7-5-3-1-2-4-6(5)7/h4-7,9-10,12H,2-3,8H2,1H3,(H,18,20);1-4H. The minimum Gasteiger partial charge on any atom is -0.478 e. The van der Waals surface area contributed by atoms with Gasteiger partial charge in [-0.2, -0.15) is 5.10 Å². The van der Waals surface area contributed by atoms with E-state index in [1.165, 1.54) is 6.20 Å². The minimum atomic E-state index is -0.552. The van der Waals surface area contributed by atoms with Crippen molar-refractivity contribution in [1.29, 1.82) is 0 Å². The first-order valence-corrected chi connectivity index (χ1v) is 9.51. The van der Waals surface area contributed by atoms with E-state index in [1.807, 2.05) is 31.2 Å². The predicted octanol–water partition coefficient (Wildman–Crippen LogP) is 3.76. The number of thiol groups is 1.